The van der Waals surface area contributed by atoms with Crippen LogP contribution >= 0.6 is 0 Å². The molecule has 0 aromatic rings. The fourth-order valence-electron chi connectivity index (χ4n) is 7.42. The highest BCUT2D eigenvalue weighted by molar-refractivity contribution is 5.86. The third-order valence-electron chi connectivity index (χ3n) is 9.07. The van der Waals surface area contributed by atoms with E-state index in [9.17, 15) is 19.8 Å². The Morgan fingerprint density at radius 2 is 1.93 bits per heavy atom. The summed E-state index contributed by atoms with van der Waals surface area (Å²) in [6.07, 6.45) is 2.02. The average Bonchev–Trinajstić information content (AvgIpc) is 2.99. The van der Waals surface area contributed by atoms with Crippen LogP contribution in [0, 0.1) is 28.6 Å². The van der Waals surface area contributed by atoms with Gasteiger partial charge in [0.25, 0.3) is 0 Å². The molecule has 2 N–H and O–H groups in total. The van der Waals surface area contributed by atoms with E-state index in [0.29, 0.717) is 19.3 Å². The maximum atomic E-state index is 12.2. The van der Waals surface area contributed by atoms with Crippen LogP contribution in [-0.4, -0.2) is 52.9 Å². The summed E-state index contributed by atoms with van der Waals surface area (Å²) in [6.45, 7) is 9.37. The van der Waals surface area contributed by atoms with Crippen LogP contribution in [0.25, 0.3) is 0 Å². The highest BCUT2D eigenvalue weighted by Crippen LogP contribution is 2.69. The summed E-state index contributed by atoms with van der Waals surface area (Å²) in [5, 5.41) is 23.5. The van der Waals surface area contributed by atoms with Gasteiger partial charge in [-0.2, -0.15) is 0 Å². The molecule has 0 saturated heterocycles. The minimum atomic E-state index is -1.27. The minimum Gasteiger partial charge on any atom is -0.462 e. The summed E-state index contributed by atoms with van der Waals surface area (Å²) in [7, 11) is 1.52. The van der Waals surface area contributed by atoms with E-state index in [4.69, 9.17) is 14.2 Å². The van der Waals surface area contributed by atoms with Gasteiger partial charge in [0.05, 0.1) is 11.7 Å². The van der Waals surface area contributed by atoms with Crippen molar-refractivity contribution in [2.75, 3.05) is 7.11 Å². The van der Waals surface area contributed by atoms with Crippen LogP contribution in [0.15, 0.2) is 11.6 Å². The van der Waals surface area contributed by atoms with Crippen LogP contribution in [0.3, 0.4) is 0 Å². The molecule has 4 rings (SSSR count). The van der Waals surface area contributed by atoms with Gasteiger partial charge in [0.15, 0.2) is 0 Å². The quantitative estimate of drug-likeness (QED) is 0.659. The first-order valence-corrected chi connectivity index (χ1v) is 10.9. The summed E-state index contributed by atoms with van der Waals surface area (Å²) < 4.78 is 17.2. The number of carbonyl (C=O) groups is 2. The van der Waals surface area contributed by atoms with E-state index in [2.05, 4.69) is 0 Å². The molecule has 0 amide bonds. The second-order valence-corrected chi connectivity index (χ2v) is 10.6. The van der Waals surface area contributed by atoms with E-state index in [1.54, 1.807) is 0 Å². The standard InChI is InChI=1S/C23H34O7/c1-12-14-9-18(26)30-22(14,28-6)10-15-19(12)16(25)11-23(27)20(3,4)8-7-17(21(15,23)5)29-13(2)24/h9,12,15-17,19,25,27H,7-8,10-11H2,1-6H3. The average molecular weight is 423 g/mol. The van der Waals surface area contributed by atoms with Crippen LogP contribution in [-0.2, 0) is 23.8 Å². The number of methoxy groups -OCH3 is 1. The SMILES string of the molecule is COC12CC3C(C(O)CC4(O)C(C)(C)CCC(OC(C)=O)C34C)C(C)C1=CC(=O)O2. The predicted molar refractivity (Wildman–Crippen MR) is 107 cm³/mol. The number of fused-ring (bicyclic) bond motifs is 4. The Kier molecular flexibility index (Phi) is 4.74. The van der Waals surface area contributed by atoms with E-state index in [0.717, 1.165) is 5.57 Å². The fraction of sp³-hybridized carbons (Fsp3) is 0.826. The third kappa shape index (κ3) is 2.55. The molecule has 0 aromatic carbocycles. The van der Waals surface area contributed by atoms with Crippen LogP contribution in [0.5, 0.6) is 0 Å². The largest absolute Gasteiger partial charge is 0.462 e. The second-order valence-electron chi connectivity index (χ2n) is 10.6. The highest BCUT2D eigenvalue weighted by atomic mass is 16.7. The van der Waals surface area contributed by atoms with Crippen molar-refractivity contribution in [3.8, 4) is 0 Å². The molecule has 7 nitrogen and oxygen atoms in total. The Morgan fingerprint density at radius 1 is 1.27 bits per heavy atom. The van der Waals surface area contributed by atoms with Gasteiger partial charge in [-0.3, -0.25) is 4.79 Å². The molecule has 1 heterocycles. The van der Waals surface area contributed by atoms with E-state index in [-0.39, 0.29) is 30.1 Å². The zero-order valence-electron chi connectivity index (χ0n) is 18.7. The van der Waals surface area contributed by atoms with Crippen LogP contribution < -0.4 is 0 Å². The Bertz CT molecular complexity index is 803. The molecule has 7 heteroatoms. The van der Waals surface area contributed by atoms with Crippen molar-refractivity contribution in [2.24, 2.45) is 28.6 Å². The van der Waals surface area contributed by atoms with Gasteiger partial charge in [0.2, 0.25) is 5.79 Å². The molecule has 3 saturated carbocycles. The molecule has 0 radical (unpaired) electrons. The van der Waals surface area contributed by atoms with Gasteiger partial charge in [0, 0.05) is 43.9 Å². The summed E-state index contributed by atoms with van der Waals surface area (Å²) >= 11 is 0. The summed E-state index contributed by atoms with van der Waals surface area (Å²) in [6, 6.07) is 0. The number of hydrogen-bond donors (Lipinski definition) is 2. The van der Waals surface area contributed by atoms with E-state index in [1.165, 1.54) is 20.1 Å². The van der Waals surface area contributed by atoms with Crippen LogP contribution in [0.1, 0.15) is 60.3 Å². The first-order chi connectivity index (χ1) is 13.8. The molecule has 168 valence electrons. The first kappa shape index (κ1) is 21.8. The van der Waals surface area contributed by atoms with Gasteiger partial charge in [-0.25, -0.2) is 4.79 Å². The second kappa shape index (κ2) is 6.53. The van der Waals surface area contributed by atoms with Crippen molar-refractivity contribution in [3.05, 3.63) is 11.6 Å². The topological polar surface area (TPSA) is 102 Å². The third-order valence-corrected chi connectivity index (χ3v) is 9.07. The number of hydrogen-bond acceptors (Lipinski definition) is 7. The number of ether oxygens (including phenoxy) is 3. The fourth-order valence-corrected chi connectivity index (χ4v) is 7.42. The normalized spacial score (nSPS) is 49.3. The van der Waals surface area contributed by atoms with Gasteiger partial charge in [-0.05, 0) is 36.0 Å². The molecule has 0 spiro atoms. The Hall–Kier alpha value is -1.44. The Morgan fingerprint density at radius 3 is 2.53 bits per heavy atom. The predicted octanol–water partition coefficient (Wildman–Crippen LogP) is 2.34. The molecule has 0 bridgehead atoms. The maximum absolute atomic E-state index is 12.2. The maximum Gasteiger partial charge on any atom is 0.333 e. The van der Waals surface area contributed by atoms with Gasteiger partial charge < -0.3 is 24.4 Å². The lowest BCUT2D eigenvalue weighted by Gasteiger charge is -2.69. The molecule has 8 atom stereocenters. The van der Waals surface area contributed by atoms with Crippen molar-refractivity contribution in [3.63, 3.8) is 0 Å². The Labute approximate surface area is 177 Å². The van der Waals surface area contributed by atoms with Crippen molar-refractivity contribution < 1.29 is 34.0 Å². The number of rotatable bonds is 2. The van der Waals surface area contributed by atoms with Crippen molar-refractivity contribution in [1.29, 1.82) is 0 Å². The van der Waals surface area contributed by atoms with Gasteiger partial charge in [-0.15, -0.1) is 0 Å². The molecule has 3 fully saturated rings. The minimum absolute atomic E-state index is 0.186. The number of aliphatic hydroxyl groups excluding tert-OH is 1. The van der Waals surface area contributed by atoms with Crippen LogP contribution in [0.4, 0.5) is 0 Å². The molecular formula is C23H34O7. The summed E-state index contributed by atoms with van der Waals surface area (Å²) in [4.78, 5) is 24.2. The van der Waals surface area contributed by atoms with Gasteiger partial charge in [-0.1, -0.05) is 27.7 Å². The molecule has 0 aromatic heterocycles. The lowest BCUT2D eigenvalue weighted by atomic mass is 9.39. The molecule has 8 unspecified atom stereocenters. The summed E-state index contributed by atoms with van der Waals surface area (Å²) in [5.41, 5.74) is -1.86. The molecule has 3 aliphatic carbocycles. The van der Waals surface area contributed by atoms with Gasteiger partial charge in [0.1, 0.15) is 6.10 Å². The smallest absolute Gasteiger partial charge is 0.333 e. The molecule has 4 aliphatic rings. The van der Waals surface area contributed by atoms with E-state index >= 15 is 0 Å². The zero-order chi connectivity index (χ0) is 22.3. The first-order valence-electron chi connectivity index (χ1n) is 10.9. The van der Waals surface area contributed by atoms with Crippen LogP contribution in [0.2, 0.25) is 0 Å². The molecule has 30 heavy (non-hydrogen) atoms. The monoisotopic (exact) mass is 422 g/mol. The lowest BCUT2D eigenvalue weighted by molar-refractivity contribution is -0.317. The highest BCUT2D eigenvalue weighted by Gasteiger charge is 2.73. The van der Waals surface area contributed by atoms with E-state index in [1.807, 2.05) is 27.7 Å². The van der Waals surface area contributed by atoms with Gasteiger partial charge >= 0.3 is 11.9 Å². The Balaban J connectivity index is 1.89. The van der Waals surface area contributed by atoms with Crippen molar-refractivity contribution in [2.45, 2.75) is 83.9 Å². The van der Waals surface area contributed by atoms with E-state index < -0.39 is 40.4 Å². The van der Waals surface area contributed by atoms with Crippen molar-refractivity contribution in [1.82, 2.24) is 0 Å². The number of aliphatic hydroxyl groups is 2. The summed E-state index contributed by atoms with van der Waals surface area (Å²) in [5.74, 6) is -2.73. The molecule has 1 aliphatic heterocycles. The lowest BCUT2D eigenvalue weighted by Crippen LogP contribution is -2.74. The number of esters is 2. The zero-order valence-corrected chi connectivity index (χ0v) is 18.7. The molecular weight excluding hydrogens is 388 g/mol. The number of carbonyl (C=O) groups excluding carboxylic acids is 2. The van der Waals surface area contributed by atoms with Crippen molar-refractivity contribution >= 4 is 11.9 Å².